The first-order valence-corrected chi connectivity index (χ1v) is 11.8. The maximum atomic E-state index is 11.9. The van der Waals surface area contributed by atoms with Crippen LogP contribution >= 0.6 is 0 Å². The fourth-order valence-electron chi connectivity index (χ4n) is 5.31. The second-order valence-corrected chi connectivity index (χ2v) is 9.00. The summed E-state index contributed by atoms with van der Waals surface area (Å²) in [5.74, 6) is 0.366. The third-order valence-corrected chi connectivity index (χ3v) is 7.13. The molecule has 0 amide bonds. The maximum Gasteiger partial charge on any atom is 0.0970 e. The van der Waals surface area contributed by atoms with Gasteiger partial charge in [-0.3, -0.25) is 0 Å². The Hall–Kier alpha value is -2.72. The van der Waals surface area contributed by atoms with Crippen LogP contribution in [0.3, 0.4) is 0 Å². The standard InChI is InChI=1S/C28H34N2O2/c1-3-27-24-11-7-8-12-25(24)28(30(27)2)19-26(29-31)23-15-13-21(14-16-23)17-18-32-20-22-9-5-4-6-10-22/h3-12,17,23,26,28H,13-16,18-20H2,1-2H3/b21-17?,27-3-. The number of rotatable bonds is 8. The monoisotopic (exact) mass is 430 g/mol. The lowest BCUT2D eigenvalue weighted by Gasteiger charge is -2.31. The molecule has 4 nitrogen and oxygen atoms in total. The van der Waals surface area contributed by atoms with E-state index in [4.69, 9.17) is 4.74 Å². The summed E-state index contributed by atoms with van der Waals surface area (Å²) in [5, 5.41) is 3.63. The Morgan fingerprint density at radius 1 is 1.09 bits per heavy atom. The molecule has 1 fully saturated rings. The van der Waals surface area contributed by atoms with Crippen LogP contribution in [0, 0.1) is 10.8 Å². The zero-order valence-corrected chi connectivity index (χ0v) is 19.2. The Balaban J connectivity index is 1.30. The smallest absolute Gasteiger partial charge is 0.0970 e. The van der Waals surface area contributed by atoms with Crippen LogP contribution in [0.1, 0.15) is 61.8 Å². The number of allylic oxidation sites excluding steroid dienone is 2. The molecule has 32 heavy (non-hydrogen) atoms. The molecule has 1 aliphatic heterocycles. The van der Waals surface area contributed by atoms with Gasteiger partial charge in [0.25, 0.3) is 0 Å². The molecule has 0 spiro atoms. The summed E-state index contributed by atoms with van der Waals surface area (Å²) >= 11 is 0. The molecule has 1 heterocycles. The van der Waals surface area contributed by atoms with E-state index < -0.39 is 0 Å². The van der Waals surface area contributed by atoms with Gasteiger partial charge in [0.05, 0.1) is 25.3 Å². The predicted octanol–water partition coefficient (Wildman–Crippen LogP) is 6.89. The second-order valence-electron chi connectivity index (χ2n) is 9.00. The number of hydrogen-bond acceptors (Lipinski definition) is 4. The quantitative estimate of drug-likeness (QED) is 0.260. The summed E-state index contributed by atoms with van der Waals surface area (Å²) in [6.07, 6.45) is 9.36. The van der Waals surface area contributed by atoms with Crippen molar-refractivity contribution in [1.82, 2.24) is 4.90 Å². The molecule has 2 atom stereocenters. The zero-order valence-electron chi connectivity index (χ0n) is 19.2. The molecule has 4 heteroatoms. The molecular formula is C28H34N2O2. The Bertz CT molecular complexity index is 956. The van der Waals surface area contributed by atoms with Gasteiger partial charge in [0, 0.05) is 18.3 Å². The molecule has 2 unspecified atom stereocenters. The fourth-order valence-corrected chi connectivity index (χ4v) is 5.31. The van der Waals surface area contributed by atoms with Gasteiger partial charge in [-0.15, -0.1) is 0 Å². The normalized spacial score (nSPS) is 22.6. The molecule has 0 N–H and O–H groups in total. The summed E-state index contributed by atoms with van der Waals surface area (Å²) in [7, 11) is 2.14. The van der Waals surface area contributed by atoms with Gasteiger partial charge in [-0.1, -0.05) is 77.5 Å². The minimum Gasteiger partial charge on any atom is -0.373 e. The van der Waals surface area contributed by atoms with Crippen molar-refractivity contribution in [2.45, 2.75) is 57.7 Å². The number of hydrogen-bond donors (Lipinski definition) is 0. The van der Waals surface area contributed by atoms with E-state index in [0.717, 1.165) is 32.1 Å². The van der Waals surface area contributed by atoms with E-state index >= 15 is 0 Å². The average molecular weight is 431 g/mol. The molecule has 1 saturated carbocycles. The minimum absolute atomic E-state index is 0.136. The highest BCUT2D eigenvalue weighted by Crippen LogP contribution is 2.44. The van der Waals surface area contributed by atoms with E-state index in [1.165, 1.54) is 28.0 Å². The molecule has 0 aromatic heterocycles. The van der Waals surface area contributed by atoms with Crippen molar-refractivity contribution in [2.75, 3.05) is 13.7 Å². The summed E-state index contributed by atoms with van der Waals surface area (Å²) < 4.78 is 5.82. The number of fused-ring (bicyclic) bond motifs is 1. The zero-order chi connectivity index (χ0) is 22.3. The van der Waals surface area contributed by atoms with Gasteiger partial charge in [-0.2, -0.15) is 4.91 Å². The lowest BCUT2D eigenvalue weighted by Crippen LogP contribution is -2.27. The van der Waals surface area contributed by atoms with E-state index in [-0.39, 0.29) is 12.1 Å². The first-order chi connectivity index (χ1) is 15.7. The van der Waals surface area contributed by atoms with Crippen molar-refractivity contribution in [3.8, 4) is 0 Å². The molecule has 1 aliphatic carbocycles. The van der Waals surface area contributed by atoms with Gasteiger partial charge < -0.3 is 9.64 Å². The van der Waals surface area contributed by atoms with Gasteiger partial charge in [0.15, 0.2) is 0 Å². The summed E-state index contributed by atoms with van der Waals surface area (Å²) in [5.41, 5.74) is 6.52. The molecule has 0 saturated heterocycles. The second kappa shape index (κ2) is 10.7. The van der Waals surface area contributed by atoms with Gasteiger partial charge >= 0.3 is 0 Å². The molecule has 0 bridgehead atoms. The van der Waals surface area contributed by atoms with Crippen LogP contribution in [0.15, 0.2) is 77.5 Å². The molecule has 168 valence electrons. The van der Waals surface area contributed by atoms with Crippen molar-refractivity contribution in [3.05, 3.63) is 93.9 Å². The minimum atomic E-state index is -0.136. The van der Waals surface area contributed by atoms with Crippen molar-refractivity contribution in [1.29, 1.82) is 0 Å². The first-order valence-electron chi connectivity index (χ1n) is 11.8. The first kappa shape index (κ1) is 22.5. The SMILES string of the molecule is C/C=C1/c2ccccc2C(CC(N=O)C2CCC(=CCOCc3ccccc3)CC2)N1C. The molecule has 0 radical (unpaired) electrons. The Morgan fingerprint density at radius 3 is 2.53 bits per heavy atom. The Labute approximate surface area is 192 Å². The molecule has 2 aromatic carbocycles. The van der Waals surface area contributed by atoms with Crippen molar-refractivity contribution < 1.29 is 4.74 Å². The highest BCUT2D eigenvalue weighted by molar-refractivity contribution is 5.71. The number of benzene rings is 2. The summed E-state index contributed by atoms with van der Waals surface area (Å²) in [6, 6.07) is 18.9. The third kappa shape index (κ3) is 5.02. The van der Waals surface area contributed by atoms with Crippen molar-refractivity contribution in [2.24, 2.45) is 11.1 Å². The highest BCUT2D eigenvalue weighted by atomic mass is 16.5. The summed E-state index contributed by atoms with van der Waals surface area (Å²) in [6.45, 7) is 3.38. The van der Waals surface area contributed by atoms with Crippen LogP contribution in [-0.4, -0.2) is 24.6 Å². The van der Waals surface area contributed by atoms with Crippen molar-refractivity contribution in [3.63, 3.8) is 0 Å². The van der Waals surface area contributed by atoms with Gasteiger partial charge in [0.1, 0.15) is 0 Å². The molecule has 4 rings (SSSR count). The van der Waals surface area contributed by atoms with Gasteiger partial charge in [-0.25, -0.2) is 0 Å². The third-order valence-electron chi connectivity index (χ3n) is 7.13. The molecular weight excluding hydrogens is 396 g/mol. The summed E-state index contributed by atoms with van der Waals surface area (Å²) in [4.78, 5) is 14.2. The van der Waals surface area contributed by atoms with Crippen molar-refractivity contribution >= 4 is 5.70 Å². The Morgan fingerprint density at radius 2 is 1.81 bits per heavy atom. The van der Waals surface area contributed by atoms with E-state index in [2.05, 4.69) is 72.6 Å². The van der Waals surface area contributed by atoms with E-state index in [0.29, 0.717) is 19.1 Å². The largest absolute Gasteiger partial charge is 0.373 e. The maximum absolute atomic E-state index is 11.9. The molecule has 2 aliphatic rings. The van der Waals surface area contributed by atoms with E-state index in [9.17, 15) is 4.91 Å². The van der Waals surface area contributed by atoms with Gasteiger partial charge in [0.2, 0.25) is 0 Å². The van der Waals surface area contributed by atoms with Gasteiger partial charge in [-0.05, 0) is 56.1 Å². The highest BCUT2D eigenvalue weighted by Gasteiger charge is 2.35. The van der Waals surface area contributed by atoms with Crippen LogP contribution in [0.2, 0.25) is 0 Å². The molecule has 2 aromatic rings. The number of nitroso groups, excluding NO2 is 1. The predicted molar refractivity (Wildman–Crippen MR) is 131 cm³/mol. The fraction of sp³-hybridized carbons (Fsp3) is 0.429. The topological polar surface area (TPSA) is 41.9 Å². The lowest BCUT2D eigenvalue weighted by molar-refractivity contribution is 0.147. The average Bonchev–Trinajstić information content (AvgIpc) is 3.11. The lowest BCUT2D eigenvalue weighted by atomic mass is 9.79. The number of ether oxygens (including phenoxy) is 1. The van der Waals surface area contributed by atoms with Crippen LogP contribution in [-0.2, 0) is 11.3 Å². The Kier molecular flexibility index (Phi) is 7.54. The van der Waals surface area contributed by atoms with Crippen LogP contribution in [0.25, 0.3) is 5.70 Å². The van der Waals surface area contributed by atoms with E-state index in [1.807, 2.05) is 18.2 Å². The van der Waals surface area contributed by atoms with E-state index in [1.54, 1.807) is 0 Å². The number of nitrogens with zero attached hydrogens (tertiary/aromatic N) is 2. The van der Waals surface area contributed by atoms with Crippen LogP contribution < -0.4 is 0 Å². The van der Waals surface area contributed by atoms with Crippen LogP contribution in [0.5, 0.6) is 0 Å². The van der Waals surface area contributed by atoms with Crippen LogP contribution in [0.4, 0.5) is 0 Å².